The lowest BCUT2D eigenvalue weighted by atomic mass is 10.1. The number of hydrogen-bond donors (Lipinski definition) is 0. The maximum absolute atomic E-state index is 13.6. The molecule has 3 aromatic carbocycles. The summed E-state index contributed by atoms with van der Waals surface area (Å²) in [6.07, 6.45) is 1.25. The fourth-order valence-corrected chi connectivity index (χ4v) is 4.47. The Kier molecular flexibility index (Phi) is 8.63. The van der Waals surface area contributed by atoms with Crippen LogP contribution in [0.1, 0.15) is 35.7 Å². The second kappa shape index (κ2) is 12.3. The zero-order valence-corrected chi connectivity index (χ0v) is 21.9. The zero-order valence-electron chi connectivity index (χ0n) is 21.9. The molecule has 3 aromatic rings. The number of nitrogens with zero attached hydrogens (tertiary/aromatic N) is 2. The molecule has 1 aliphatic heterocycles. The molecular weight excluding hydrogens is 484 g/mol. The van der Waals surface area contributed by atoms with Crippen molar-refractivity contribution in [2.75, 3.05) is 32.3 Å². The molecule has 0 saturated carbocycles. The van der Waals surface area contributed by atoms with Crippen molar-refractivity contribution in [3.05, 3.63) is 83.9 Å². The number of imide groups is 1. The predicted molar refractivity (Wildman–Crippen MR) is 144 cm³/mol. The SMILES string of the molecule is CCCOc1ccc(N2C(=O)C[C@@H](N(CCc3ccc(OC)c(OC)c3)C(=O)c3ccccc3)C2=O)cc1. The Hall–Kier alpha value is -4.33. The number of ether oxygens (including phenoxy) is 3. The Labute approximate surface area is 222 Å². The smallest absolute Gasteiger partial charge is 0.257 e. The summed E-state index contributed by atoms with van der Waals surface area (Å²) < 4.78 is 16.3. The molecule has 0 bridgehead atoms. The summed E-state index contributed by atoms with van der Waals surface area (Å²) in [7, 11) is 3.13. The molecule has 0 aliphatic carbocycles. The van der Waals surface area contributed by atoms with Gasteiger partial charge in [0.25, 0.3) is 11.8 Å². The average molecular weight is 517 g/mol. The monoisotopic (exact) mass is 516 g/mol. The number of amides is 3. The van der Waals surface area contributed by atoms with Crippen LogP contribution in [0.5, 0.6) is 17.2 Å². The number of methoxy groups -OCH3 is 2. The summed E-state index contributed by atoms with van der Waals surface area (Å²) >= 11 is 0. The number of hydrogen-bond acceptors (Lipinski definition) is 6. The number of rotatable bonds is 11. The lowest BCUT2D eigenvalue weighted by Crippen LogP contribution is -2.46. The first-order valence-electron chi connectivity index (χ1n) is 12.6. The fraction of sp³-hybridized carbons (Fsp3) is 0.300. The summed E-state index contributed by atoms with van der Waals surface area (Å²) in [5.74, 6) is 0.778. The molecule has 1 fully saturated rings. The van der Waals surface area contributed by atoms with Gasteiger partial charge in [0.15, 0.2) is 11.5 Å². The molecule has 8 nitrogen and oxygen atoms in total. The van der Waals surface area contributed by atoms with Gasteiger partial charge in [0.1, 0.15) is 11.8 Å². The maximum Gasteiger partial charge on any atom is 0.257 e. The maximum atomic E-state index is 13.6. The van der Waals surface area contributed by atoms with Crippen molar-refractivity contribution >= 4 is 23.4 Å². The third-order valence-corrected chi connectivity index (χ3v) is 6.44. The minimum Gasteiger partial charge on any atom is -0.494 e. The van der Waals surface area contributed by atoms with Crippen molar-refractivity contribution in [2.24, 2.45) is 0 Å². The van der Waals surface area contributed by atoms with Crippen LogP contribution in [0.15, 0.2) is 72.8 Å². The van der Waals surface area contributed by atoms with Gasteiger partial charge >= 0.3 is 0 Å². The van der Waals surface area contributed by atoms with Crippen LogP contribution < -0.4 is 19.1 Å². The molecule has 1 heterocycles. The van der Waals surface area contributed by atoms with Gasteiger partial charge in [-0.1, -0.05) is 31.2 Å². The van der Waals surface area contributed by atoms with Gasteiger partial charge in [-0.2, -0.15) is 0 Å². The van der Waals surface area contributed by atoms with E-state index in [1.807, 2.05) is 25.1 Å². The van der Waals surface area contributed by atoms with E-state index in [0.717, 1.165) is 16.9 Å². The summed E-state index contributed by atoms with van der Waals surface area (Å²) in [5.41, 5.74) is 1.82. The molecule has 0 aromatic heterocycles. The minimum atomic E-state index is -0.911. The molecule has 8 heteroatoms. The fourth-order valence-electron chi connectivity index (χ4n) is 4.47. The highest BCUT2D eigenvalue weighted by Crippen LogP contribution is 2.30. The molecule has 1 atom stereocenters. The van der Waals surface area contributed by atoms with Crippen LogP contribution in [0.25, 0.3) is 0 Å². The van der Waals surface area contributed by atoms with E-state index in [4.69, 9.17) is 14.2 Å². The van der Waals surface area contributed by atoms with E-state index < -0.39 is 11.9 Å². The van der Waals surface area contributed by atoms with Crippen molar-refractivity contribution in [2.45, 2.75) is 32.2 Å². The first-order chi connectivity index (χ1) is 18.5. The van der Waals surface area contributed by atoms with E-state index in [-0.39, 0.29) is 24.8 Å². The quantitative estimate of drug-likeness (QED) is 0.349. The number of carbonyl (C=O) groups is 3. The molecule has 198 valence electrons. The van der Waals surface area contributed by atoms with Crippen LogP contribution in [0.2, 0.25) is 0 Å². The third-order valence-electron chi connectivity index (χ3n) is 6.44. The third kappa shape index (κ3) is 5.80. The van der Waals surface area contributed by atoms with Gasteiger partial charge in [-0.25, -0.2) is 4.90 Å². The van der Waals surface area contributed by atoms with Gasteiger partial charge in [-0.05, 0) is 66.9 Å². The standard InChI is InChI=1S/C30H32N2O6/c1-4-18-38-24-13-11-23(12-14-24)32-28(33)20-25(30(32)35)31(29(34)22-8-6-5-7-9-22)17-16-21-10-15-26(36-2)27(19-21)37-3/h5-15,19,25H,4,16-18,20H2,1-3H3/t25-/m1/s1. The second-order valence-corrected chi connectivity index (χ2v) is 8.93. The molecule has 3 amide bonds. The van der Waals surface area contributed by atoms with Crippen LogP contribution >= 0.6 is 0 Å². The zero-order chi connectivity index (χ0) is 27.1. The molecule has 0 unspecified atom stereocenters. The summed E-state index contributed by atoms with van der Waals surface area (Å²) in [6, 6.07) is 20.3. The van der Waals surface area contributed by atoms with Gasteiger partial charge in [0.2, 0.25) is 5.91 Å². The van der Waals surface area contributed by atoms with E-state index in [9.17, 15) is 14.4 Å². The topological polar surface area (TPSA) is 85.4 Å². The molecular formula is C30H32N2O6. The first-order valence-corrected chi connectivity index (χ1v) is 12.6. The molecule has 0 N–H and O–H groups in total. The van der Waals surface area contributed by atoms with Crippen LogP contribution in [-0.2, 0) is 16.0 Å². The van der Waals surface area contributed by atoms with Crippen molar-refractivity contribution in [1.29, 1.82) is 0 Å². The Morgan fingerprint density at radius 2 is 1.66 bits per heavy atom. The van der Waals surface area contributed by atoms with Crippen molar-refractivity contribution in [1.82, 2.24) is 4.90 Å². The minimum absolute atomic E-state index is 0.0859. The van der Waals surface area contributed by atoms with Crippen molar-refractivity contribution in [3.63, 3.8) is 0 Å². The summed E-state index contributed by atoms with van der Waals surface area (Å²) in [6.45, 7) is 2.84. The highest BCUT2D eigenvalue weighted by molar-refractivity contribution is 6.23. The van der Waals surface area contributed by atoms with E-state index in [0.29, 0.717) is 41.5 Å². The Morgan fingerprint density at radius 1 is 0.947 bits per heavy atom. The van der Waals surface area contributed by atoms with Gasteiger partial charge in [0.05, 0.1) is 32.9 Å². The van der Waals surface area contributed by atoms with Crippen molar-refractivity contribution in [3.8, 4) is 17.2 Å². The molecule has 0 spiro atoms. The van der Waals surface area contributed by atoms with E-state index in [1.54, 1.807) is 68.8 Å². The van der Waals surface area contributed by atoms with Gasteiger partial charge in [-0.3, -0.25) is 14.4 Å². The first kappa shape index (κ1) is 26.7. The van der Waals surface area contributed by atoms with E-state index in [2.05, 4.69) is 0 Å². The largest absolute Gasteiger partial charge is 0.494 e. The average Bonchev–Trinajstić information content (AvgIpc) is 3.25. The highest BCUT2D eigenvalue weighted by atomic mass is 16.5. The molecule has 1 aliphatic rings. The van der Waals surface area contributed by atoms with Crippen LogP contribution in [-0.4, -0.2) is 56.0 Å². The van der Waals surface area contributed by atoms with Crippen LogP contribution in [0, 0.1) is 0 Å². The van der Waals surface area contributed by atoms with E-state index >= 15 is 0 Å². The highest BCUT2D eigenvalue weighted by Gasteiger charge is 2.44. The Bertz CT molecular complexity index is 1280. The number of benzene rings is 3. The van der Waals surface area contributed by atoms with Crippen LogP contribution in [0.3, 0.4) is 0 Å². The second-order valence-electron chi connectivity index (χ2n) is 8.93. The number of anilines is 1. The molecule has 0 radical (unpaired) electrons. The van der Waals surface area contributed by atoms with Crippen LogP contribution in [0.4, 0.5) is 5.69 Å². The molecule has 4 rings (SSSR count). The summed E-state index contributed by atoms with van der Waals surface area (Å²) in [5, 5.41) is 0. The van der Waals surface area contributed by atoms with Gasteiger partial charge in [0, 0.05) is 12.1 Å². The van der Waals surface area contributed by atoms with E-state index in [1.165, 1.54) is 4.90 Å². The summed E-state index contributed by atoms with van der Waals surface area (Å²) in [4.78, 5) is 42.9. The van der Waals surface area contributed by atoms with Crippen molar-refractivity contribution < 1.29 is 28.6 Å². The molecule has 38 heavy (non-hydrogen) atoms. The molecule has 1 saturated heterocycles. The van der Waals surface area contributed by atoms with Gasteiger partial charge < -0.3 is 19.1 Å². The Morgan fingerprint density at radius 3 is 2.32 bits per heavy atom. The van der Waals surface area contributed by atoms with Gasteiger partial charge in [-0.15, -0.1) is 0 Å². The lowest BCUT2D eigenvalue weighted by Gasteiger charge is -2.28. The predicted octanol–water partition coefficient (Wildman–Crippen LogP) is 4.51. The Balaban J connectivity index is 1.58. The number of carbonyl (C=O) groups excluding carboxylic acids is 3. The lowest BCUT2D eigenvalue weighted by molar-refractivity contribution is -0.122. The normalized spacial score (nSPS) is 14.9.